The third-order valence-corrected chi connectivity index (χ3v) is 1.78. The molecule has 0 atom stereocenters. The van der Waals surface area contributed by atoms with Gasteiger partial charge in [-0.1, -0.05) is 6.92 Å². The molecular weight excluding hydrogens is 172 g/mol. The summed E-state index contributed by atoms with van der Waals surface area (Å²) >= 11 is 0. The fraction of sp³-hybridized carbons (Fsp3) is 0.556. The molecule has 0 bridgehead atoms. The summed E-state index contributed by atoms with van der Waals surface area (Å²) in [6.45, 7) is 4.26. The Balaban J connectivity index is 0.00000121. The van der Waals surface area contributed by atoms with E-state index in [9.17, 15) is 0 Å². The minimum absolute atomic E-state index is 0. The standard InChI is InChI=1S/C9H16N2.ClH/c1-3-6-10-8-9-5-4-7-11(9)2;/h4-5,7,10H,3,6,8H2,1-2H3;1H. The van der Waals surface area contributed by atoms with Crippen LogP contribution in [-0.2, 0) is 13.6 Å². The lowest BCUT2D eigenvalue weighted by Crippen LogP contribution is -2.15. The largest absolute Gasteiger partial charge is 0.353 e. The summed E-state index contributed by atoms with van der Waals surface area (Å²) in [5, 5.41) is 3.36. The van der Waals surface area contributed by atoms with Crippen molar-refractivity contribution in [2.24, 2.45) is 7.05 Å². The Morgan fingerprint density at radius 2 is 2.25 bits per heavy atom. The molecule has 0 aliphatic carbocycles. The van der Waals surface area contributed by atoms with E-state index in [-0.39, 0.29) is 12.4 Å². The van der Waals surface area contributed by atoms with Gasteiger partial charge in [0.1, 0.15) is 0 Å². The number of nitrogens with zero attached hydrogens (tertiary/aromatic N) is 1. The molecule has 2 nitrogen and oxygen atoms in total. The van der Waals surface area contributed by atoms with E-state index in [1.54, 1.807) is 0 Å². The summed E-state index contributed by atoms with van der Waals surface area (Å²) < 4.78 is 2.14. The highest BCUT2D eigenvalue weighted by Crippen LogP contribution is 1.97. The first kappa shape index (κ1) is 11.5. The molecule has 0 radical (unpaired) electrons. The molecule has 0 aromatic carbocycles. The van der Waals surface area contributed by atoms with Crippen LogP contribution in [0.3, 0.4) is 0 Å². The monoisotopic (exact) mass is 188 g/mol. The molecule has 3 heteroatoms. The highest BCUT2D eigenvalue weighted by molar-refractivity contribution is 5.85. The van der Waals surface area contributed by atoms with Gasteiger partial charge in [0, 0.05) is 25.5 Å². The fourth-order valence-electron chi connectivity index (χ4n) is 1.07. The Hall–Kier alpha value is -0.470. The van der Waals surface area contributed by atoms with Gasteiger partial charge in [-0.2, -0.15) is 0 Å². The van der Waals surface area contributed by atoms with Gasteiger partial charge in [-0.15, -0.1) is 12.4 Å². The number of nitrogens with one attached hydrogen (secondary N) is 1. The van der Waals surface area contributed by atoms with E-state index < -0.39 is 0 Å². The van der Waals surface area contributed by atoms with Crippen molar-refractivity contribution in [3.05, 3.63) is 24.0 Å². The summed E-state index contributed by atoms with van der Waals surface area (Å²) in [5.74, 6) is 0. The summed E-state index contributed by atoms with van der Waals surface area (Å²) in [6.07, 6.45) is 3.27. The third-order valence-electron chi connectivity index (χ3n) is 1.78. The van der Waals surface area contributed by atoms with Crippen molar-refractivity contribution in [1.29, 1.82) is 0 Å². The van der Waals surface area contributed by atoms with E-state index in [4.69, 9.17) is 0 Å². The molecule has 0 aliphatic heterocycles. The van der Waals surface area contributed by atoms with Crippen LogP contribution in [0.1, 0.15) is 19.0 Å². The van der Waals surface area contributed by atoms with Gasteiger partial charge in [0.25, 0.3) is 0 Å². The number of rotatable bonds is 4. The van der Waals surface area contributed by atoms with E-state index in [1.165, 1.54) is 12.1 Å². The quantitative estimate of drug-likeness (QED) is 0.715. The van der Waals surface area contributed by atoms with Crippen LogP contribution in [-0.4, -0.2) is 11.1 Å². The molecule has 1 aromatic rings. The molecule has 0 saturated heterocycles. The maximum absolute atomic E-state index is 3.36. The van der Waals surface area contributed by atoms with E-state index in [0.29, 0.717) is 0 Å². The third kappa shape index (κ3) is 3.28. The van der Waals surface area contributed by atoms with Gasteiger partial charge in [-0.05, 0) is 25.1 Å². The second-order valence-electron chi connectivity index (χ2n) is 2.79. The molecule has 12 heavy (non-hydrogen) atoms. The molecule has 1 N–H and O–H groups in total. The van der Waals surface area contributed by atoms with Crippen molar-refractivity contribution >= 4 is 12.4 Å². The fourth-order valence-corrected chi connectivity index (χ4v) is 1.07. The Bertz CT molecular complexity index is 208. The maximum Gasteiger partial charge on any atom is 0.0359 e. The first-order valence-electron chi connectivity index (χ1n) is 4.15. The van der Waals surface area contributed by atoms with Crippen LogP contribution in [0.25, 0.3) is 0 Å². The Morgan fingerprint density at radius 3 is 2.75 bits per heavy atom. The topological polar surface area (TPSA) is 17.0 Å². The lowest BCUT2D eigenvalue weighted by molar-refractivity contribution is 0.644. The molecule has 1 aromatic heterocycles. The van der Waals surface area contributed by atoms with Gasteiger partial charge in [0.05, 0.1) is 0 Å². The summed E-state index contributed by atoms with van der Waals surface area (Å²) in [7, 11) is 2.07. The van der Waals surface area contributed by atoms with E-state index in [0.717, 1.165) is 13.1 Å². The summed E-state index contributed by atoms with van der Waals surface area (Å²) in [5.41, 5.74) is 1.35. The number of hydrogen-bond donors (Lipinski definition) is 1. The molecule has 0 saturated carbocycles. The van der Waals surface area contributed by atoms with Gasteiger partial charge in [0.2, 0.25) is 0 Å². The van der Waals surface area contributed by atoms with Crippen molar-refractivity contribution in [3.8, 4) is 0 Å². The minimum atomic E-state index is 0. The molecule has 0 unspecified atom stereocenters. The van der Waals surface area contributed by atoms with Crippen molar-refractivity contribution in [2.45, 2.75) is 19.9 Å². The van der Waals surface area contributed by atoms with Gasteiger partial charge in [0.15, 0.2) is 0 Å². The first-order valence-corrected chi connectivity index (χ1v) is 4.15. The molecule has 0 fully saturated rings. The Labute approximate surface area is 80.4 Å². The smallest absolute Gasteiger partial charge is 0.0359 e. The van der Waals surface area contributed by atoms with Crippen LogP contribution in [0.5, 0.6) is 0 Å². The zero-order chi connectivity index (χ0) is 8.10. The lowest BCUT2D eigenvalue weighted by Gasteiger charge is -2.03. The van der Waals surface area contributed by atoms with Crippen molar-refractivity contribution in [3.63, 3.8) is 0 Å². The number of aromatic nitrogens is 1. The van der Waals surface area contributed by atoms with Crippen LogP contribution < -0.4 is 5.32 Å². The normalized spacial score (nSPS) is 9.50. The highest BCUT2D eigenvalue weighted by Gasteiger charge is 1.93. The SMILES string of the molecule is CCCNCc1cccn1C.Cl. The number of aryl methyl sites for hydroxylation is 1. The predicted molar refractivity (Wildman–Crippen MR) is 54.7 cm³/mol. The van der Waals surface area contributed by atoms with Crippen LogP contribution in [0.4, 0.5) is 0 Å². The van der Waals surface area contributed by atoms with Crippen LogP contribution in [0, 0.1) is 0 Å². The lowest BCUT2D eigenvalue weighted by atomic mass is 10.4. The minimum Gasteiger partial charge on any atom is -0.353 e. The van der Waals surface area contributed by atoms with Gasteiger partial charge < -0.3 is 9.88 Å². The van der Waals surface area contributed by atoms with Crippen molar-refractivity contribution in [1.82, 2.24) is 9.88 Å². The zero-order valence-electron chi connectivity index (χ0n) is 7.71. The Kier molecular flexibility index (Phi) is 5.85. The van der Waals surface area contributed by atoms with Crippen LogP contribution >= 0.6 is 12.4 Å². The second-order valence-corrected chi connectivity index (χ2v) is 2.79. The summed E-state index contributed by atoms with van der Waals surface area (Å²) in [6, 6.07) is 4.21. The molecule has 1 rings (SSSR count). The van der Waals surface area contributed by atoms with Crippen LogP contribution in [0.15, 0.2) is 18.3 Å². The average molecular weight is 189 g/mol. The zero-order valence-corrected chi connectivity index (χ0v) is 8.53. The maximum atomic E-state index is 3.36. The van der Waals surface area contributed by atoms with Crippen molar-refractivity contribution < 1.29 is 0 Å². The molecular formula is C9H17ClN2. The molecule has 70 valence electrons. The number of halogens is 1. The average Bonchev–Trinajstić information content (AvgIpc) is 2.37. The second kappa shape index (κ2) is 6.09. The Morgan fingerprint density at radius 1 is 1.50 bits per heavy atom. The van der Waals surface area contributed by atoms with E-state index >= 15 is 0 Å². The van der Waals surface area contributed by atoms with E-state index in [2.05, 4.69) is 42.2 Å². The van der Waals surface area contributed by atoms with Gasteiger partial charge in [-0.3, -0.25) is 0 Å². The van der Waals surface area contributed by atoms with Crippen molar-refractivity contribution in [2.75, 3.05) is 6.54 Å². The molecule has 0 amide bonds. The van der Waals surface area contributed by atoms with Crippen LogP contribution in [0.2, 0.25) is 0 Å². The summed E-state index contributed by atoms with van der Waals surface area (Å²) in [4.78, 5) is 0. The molecule has 1 heterocycles. The van der Waals surface area contributed by atoms with E-state index in [1.807, 2.05) is 0 Å². The highest BCUT2D eigenvalue weighted by atomic mass is 35.5. The molecule has 0 aliphatic rings. The van der Waals surface area contributed by atoms with Gasteiger partial charge in [-0.25, -0.2) is 0 Å². The molecule has 0 spiro atoms. The number of hydrogen-bond acceptors (Lipinski definition) is 1. The van der Waals surface area contributed by atoms with Gasteiger partial charge >= 0.3 is 0 Å². The first-order chi connectivity index (χ1) is 5.34. The predicted octanol–water partition coefficient (Wildman–Crippen LogP) is 1.95.